The highest BCUT2D eigenvalue weighted by atomic mass is 15.3. The number of aliphatic imine (C=N–C) groups is 1. The molecule has 0 aromatic rings. The minimum atomic E-state index is 0.779. The van der Waals surface area contributed by atoms with Crippen LogP contribution in [0, 0.1) is 5.92 Å². The van der Waals surface area contributed by atoms with Crippen molar-refractivity contribution in [2.75, 3.05) is 65.4 Å². The Kier molecular flexibility index (Phi) is 11.1. The molecule has 0 radical (unpaired) electrons. The normalized spacial score (nSPS) is 18.9. The molecule has 0 amide bonds. The van der Waals surface area contributed by atoms with E-state index in [2.05, 4.69) is 54.6 Å². The van der Waals surface area contributed by atoms with Crippen LogP contribution in [0.25, 0.3) is 0 Å². The molecule has 1 aliphatic heterocycles. The highest BCUT2D eigenvalue weighted by Gasteiger charge is 2.25. The molecule has 0 aromatic heterocycles. The van der Waals surface area contributed by atoms with Gasteiger partial charge in [0.15, 0.2) is 5.96 Å². The fraction of sp³-hybridized carbons (Fsp3) is 0.947. The van der Waals surface area contributed by atoms with Gasteiger partial charge in [0.05, 0.1) is 6.54 Å². The average molecular weight is 340 g/mol. The monoisotopic (exact) mass is 339 g/mol. The summed E-state index contributed by atoms with van der Waals surface area (Å²) < 4.78 is 0. The smallest absolute Gasteiger partial charge is 0.193 e. The maximum atomic E-state index is 4.90. The summed E-state index contributed by atoms with van der Waals surface area (Å²) in [6.45, 7) is 22.2. The van der Waals surface area contributed by atoms with Crippen molar-refractivity contribution in [2.45, 2.75) is 47.5 Å². The first-order valence-electron chi connectivity index (χ1n) is 10.2. The molecule has 0 saturated carbocycles. The van der Waals surface area contributed by atoms with E-state index in [1.165, 1.54) is 25.9 Å². The van der Waals surface area contributed by atoms with E-state index in [4.69, 9.17) is 4.99 Å². The molecule has 1 fully saturated rings. The zero-order valence-electron chi connectivity index (χ0n) is 16.9. The summed E-state index contributed by atoms with van der Waals surface area (Å²) in [7, 11) is 0. The van der Waals surface area contributed by atoms with E-state index < -0.39 is 0 Å². The molecule has 1 rings (SSSR count). The van der Waals surface area contributed by atoms with Crippen LogP contribution in [0.3, 0.4) is 0 Å². The van der Waals surface area contributed by atoms with E-state index in [9.17, 15) is 0 Å². The Morgan fingerprint density at radius 3 is 2.33 bits per heavy atom. The highest BCUT2D eigenvalue weighted by Crippen LogP contribution is 2.17. The van der Waals surface area contributed by atoms with Gasteiger partial charge in [-0.25, -0.2) is 0 Å². The molecule has 0 spiro atoms. The summed E-state index contributed by atoms with van der Waals surface area (Å²) in [5.41, 5.74) is 0. The zero-order valence-corrected chi connectivity index (χ0v) is 16.9. The van der Waals surface area contributed by atoms with Crippen LogP contribution in [-0.2, 0) is 0 Å². The number of nitrogens with one attached hydrogen (secondary N) is 1. The number of likely N-dealkylation sites (tertiary alicyclic amines) is 1. The van der Waals surface area contributed by atoms with Crippen LogP contribution in [0.1, 0.15) is 47.5 Å². The van der Waals surface area contributed by atoms with Gasteiger partial charge in [0.25, 0.3) is 0 Å². The third kappa shape index (κ3) is 7.39. The van der Waals surface area contributed by atoms with E-state index in [0.29, 0.717) is 0 Å². The zero-order chi connectivity index (χ0) is 17.8. The third-order valence-corrected chi connectivity index (χ3v) is 5.00. The Morgan fingerprint density at radius 2 is 1.75 bits per heavy atom. The second kappa shape index (κ2) is 12.5. The molecule has 5 nitrogen and oxygen atoms in total. The molecular weight excluding hydrogens is 298 g/mol. The summed E-state index contributed by atoms with van der Waals surface area (Å²) in [6.07, 6.45) is 2.51. The Balaban J connectivity index is 2.51. The Morgan fingerprint density at radius 1 is 1.04 bits per heavy atom. The van der Waals surface area contributed by atoms with Crippen LogP contribution in [0.15, 0.2) is 4.99 Å². The van der Waals surface area contributed by atoms with Crippen LogP contribution < -0.4 is 5.32 Å². The molecule has 24 heavy (non-hydrogen) atoms. The number of hydrogen-bond acceptors (Lipinski definition) is 3. The van der Waals surface area contributed by atoms with E-state index >= 15 is 0 Å². The molecular formula is C19H41N5. The van der Waals surface area contributed by atoms with Gasteiger partial charge >= 0.3 is 0 Å². The second-order valence-electron chi connectivity index (χ2n) is 6.76. The molecule has 1 heterocycles. The summed E-state index contributed by atoms with van der Waals surface area (Å²) in [5.74, 6) is 1.90. The summed E-state index contributed by atoms with van der Waals surface area (Å²) in [5, 5.41) is 3.49. The third-order valence-electron chi connectivity index (χ3n) is 5.00. The molecule has 1 atom stereocenters. The lowest BCUT2D eigenvalue weighted by Crippen LogP contribution is -2.41. The molecule has 1 unspecified atom stereocenters. The van der Waals surface area contributed by atoms with Gasteiger partial charge in [0.2, 0.25) is 0 Å². The largest absolute Gasteiger partial charge is 0.357 e. The van der Waals surface area contributed by atoms with Crippen molar-refractivity contribution in [1.29, 1.82) is 0 Å². The predicted molar refractivity (Wildman–Crippen MR) is 106 cm³/mol. The lowest BCUT2D eigenvalue weighted by molar-refractivity contribution is 0.255. The number of hydrogen-bond donors (Lipinski definition) is 1. The van der Waals surface area contributed by atoms with E-state index in [1.54, 1.807) is 0 Å². The average Bonchev–Trinajstić information content (AvgIpc) is 3.06. The Bertz CT molecular complexity index is 341. The summed E-state index contributed by atoms with van der Waals surface area (Å²) >= 11 is 0. The number of guanidine groups is 1. The van der Waals surface area contributed by atoms with E-state index in [1.807, 2.05) is 0 Å². The maximum Gasteiger partial charge on any atom is 0.193 e. The number of rotatable bonds is 11. The lowest BCUT2D eigenvalue weighted by Gasteiger charge is -2.25. The quantitative estimate of drug-likeness (QED) is 0.463. The predicted octanol–water partition coefficient (Wildman–Crippen LogP) is 2.35. The highest BCUT2D eigenvalue weighted by molar-refractivity contribution is 5.80. The molecule has 0 bridgehead atoms. The fourth-order valence-corrected chi connectivity index (χ4v) is 3.49. The van der Waals surface area contributed by atoms with Crippen LogP contribution in [0.4, 0.5) is 0 Å². The van der Waals surface area contributed by atoms with Gasteiger partial charge in [-0.1, -0.05) is 27.7 Å². The van der Waals surface area contributed by atoms with Crippen LogP contribution >= 0.6 is 0 Å². The van der Waals surface area contributed by atoms with Gasteiger partial charge in [0.1, 0.15) is 0 Å². The van der Waals surface area contributed by atoms with Crippen LogP contribution in [-0.4, -0.2) is 86.1 Å². The number of nitrogens with zero attached hydrogens (tertiary/aromatic N) is 4. The molecule has 0 aliphatic carbocycles. The van der Waals surface area contributed by atoms with Gasteiger partial charge in [-0.05, 0) is 51.9 Å². The standard InChI is InChI=1S/C19H41N5/c1-6-13-23(10-5)15-12-21-19(20-7-2)24-14-11-18(17-24)16-22(8-3)9-4/h18H,6-17H2,1-5H3,(H,20,21). The van der Waals surface area contributed by atoms with Crippen molar-refractivity contribution >= 4 is 5.96 Å². The van der Waals surface area contributed by atoms with Crippen LogP contribution in [0.5, 0.6) is 0 Å². The Hall–Kier alpha value is -0.810. The van der Waals surface area contributed by atoms with Gasteiger partial charge in [-0.2, -0.15) is 0 Å². The van der Waals surface area contributed by atoms with Crippen molar-refractivity contribution in [1.82, 2.24) is 20.0 Å². The molecule has 1 saturated heterocycles. The van der Waals surface area contributed by atoms with Crippen molar-refractivity contribution in [3.8, 4) is 0 Å². The lowest BCUT2D eigenvalue weighted by atomic mass is 10.1. The van der Waals surface area contributed by atoms with Gasteiger partial charge < -0.3 is 20.0 Å². The van der Waals surface area contributed by atoms with Crippen molar-refractivity contribution < 1.29 is 0 Å². The topological polar surface area (TPSA) is 34.1 Å². The first-order chi connectivity index (χ1) is 11.7. The van der Waals surface area contributed by atoms with Crippen molar-refractivity contribution in [2.24, 2.45) is 10.9 Å². The SMILES string of the molecule is CCCN(CC)CCN=C(NCC)N1CCC(CN(CC)CC)C1. The van der Waals surface area contributed by atoms with Gasteiger partial charge in [-0.3, -0.25) is 4.99 Å². The minimum absolute atomic E-state index is 0.779. The molecule has 5 heteroatoms. The van der Waals surface area contributed by atoms with Crippen molar-refractivity contribution in [3.63, 3.8) is 0 Å². The summed E-state index contributed by atoms with van der Waals surface area (Å²) in [4.78, 5) is 12.4. The molecule has 142 valence electrons. The fourth-order valence-electron chi connectivity index (χ4n) is 3.49. The first kappa shape index (κ1) is 21.2. The first-order valence-corrected chi connectivity index (χ1v) is 10.2. The van der Waals surface area contributed by atoms with E-state index in [0.717, 1.165) is 64.2 Å². The van der Waals surface area contributed by atoms with Crippen LogP contribution in [0.2, 0.25) is 0 Å². The van der Waals surface area contributed by atoms with Gasteiger partial charge in [0, 0.05) is 32.7 Å². The summed E-state index contributed by atoms with van der Waals surface area (Å²) in [6, 6.07) is 0. The van der Waals surface area contributed by atoms with Crippen molar-refractivity contribution in [3.05, 3.63) is 0 Å². The molecule has 1 N–H and O–H groups in total. The number of likely N-dealkylation sites (N-methyl/N-ethyl adjacent to an activating group) is 1. The van der Waals surface area contributed by atoms with E-state index in [-0.39, 0.29) is 0 Å². The molecule has 1 aliphatic rings. The molecule has 0 aromatic carbocycles. The second-order valence-corrected chi connectivity index (χ2v) is 6.76. The maximum absolute atomic E-state index is 4.90. The Labute approximate surface area is 150 Å². The van der Waals surface area contributed by atoms with Gasteiger partial charge in [-0.15, -0.1) is 0 Å². The minimum Gasteiger partial charge on any atom is -0.357 e.